The number of fused-ring (bicyclic) bond motifs is 1. The second kappa shape index (κ2) is 10.0. The Balaban J connectivity index is 1.54. The van der Waals surface area contributed by atoms with Gasteiger partial charge in [0.15, 0.2) is 0 Å². The lowest BCUT2D eigenvalue weighted by atomic mass is 10.0. The number of hydrogen-bond donors (Lipinski definition) is 0. The Bertz CT molecular complexity index is 1270. The fraction of sp³-hybridized carbons (Fsp3) is 0.240. The molecular formula is C25H26N4O4. The first-order valence-electron chi connectivity index (χ1n) is 10.7. The molecule has 0 bridgehead atoms. The molecular weight excluding hydrogens is 420 g/mol. The van der Waals surface area contributed by atoms with Gasteiger partial charge < -0.3 is 18.8 Å². The second-order valence-corrected chi connectivity index (χ2v) is 7.40. The monoisotopic (exact) mass is 446 g/mol. The molecule has 0 N–H and O–H groups in total. The molecule has 0 aliphatic carbocycles. The van der Waals surface area contributed by atoms with Crippen molar-refractivity contribution in [2.24, 2.45) is 0 Å². The van der Waals surface area contributed by atoms with Crippen LogP contribution in [-0.2, 0) is 27.4 Å². The van der Waals surface area contributed by atoms with Crippen molar-refractivity contribution in [3.8, 4) is 17.0 Å². The third-order valence-electron chi connectivity index (χ3n) is 5.27. The van der Waals surface area contributed by atoms with Crippen LogP contribution in [0.1, 0.15) is 24.5 Å². The zero-order valence-corrected chi connectivity index (χ0v) is 18.9. The smallest absolute Gasteiger partial charge is 0.341 e. The maximum absolute atomic E-state index is 12.2. The lowest BCUT2D eigenvalue weighted by Gasteiger charge is -2.13. The number of carbonyl (C=O) groups is 1. The van der Waals surface area contributed by atoms with Crippen LogP contribution < -0.4 is 4.74 Å². The highest BCUT2D eigenvalue weighted by atomic mass is 16.5. The number of aryl methyl sites for hydroxylation is 1. The number of aromatic nitrogens is 4. The quantitative estimate of drug-likeness (QED) is 0.216. The summed E-state index contributed by atoms with van der Waals surface area (Å²) in [7, 11) is 2.84. The molecule has 0 aliphatic heterocycles. The Labute approximate surface area is 192 Å². The molecule has 2 aromatic carbocycles. The summed E-state index contributed by atoms with van der Waals surface area (Å²) in [6, 6.07) is 15.4. The van der Waals surface area contributed by atoms with Gasteiger partial charge in [-0.25, -0.2) is 9.31 Å². The molecule has 0 aliphatic rings. The van der Waals surface area contributed by atoms with E-state index in [0.29, 0.717) is 11.1 Å². The predicted octanol–water partition coefficient (Wildman–Crippen LogP) is 4.35. The van der Waals surface area contributed by atoms with Crippen LogP contribution >= 0.6 is 0 Å². The first-order chi connectivity index (χ1) is 16.2. The zero-order chi connectivity index (χ0) is 23.2. The highest BCUT2D eigenvalue weighted by Crippen LogP contribution is 2.27. The summed E-state index contributed by atoms with van der Waals surface area (Å²) >= 11 is 0. The summed E-state index contributed by atoms with van der Waals surface area (Å²) in [5.41, 5.74) is 4.00. The van der Waals surface area contributed by atoms with E-state index < -0.39 is 5.97 Å². The summed E-state index contributed by atoms with van der Waals surface area (Å²) < 4.78 is 20.0. The maximum Gasteiger partial charge on any atom is 0.341 e. The van der Waals surface area contributed by atoms with Crippen molar-refractivity contribution in [2.45, 2.75) is 26.5 Å². The number of methoxy groups -OCH3 is 2. The topological polar surface area (TPSA) is 79.9 Å². The minimum atomic E-state index is -0.468. The van der Waals surface area contributed by atoms with Gasteiger partial charge in [-0.3, -0.25) is 0 Å². The van der Waals surface area contributed by atoms with Crippen molar-refractivity contribution >= 4 is 17.3 Å². The number of rotatable bonds is 9. The molecule has 0 atom stereocenters. The average Bonchev–Trinajstić information content (AvgIpc) is 3.44. The molecule has 0 saturated carbocycles. The molecule has 2 aromatic heterocycles. The molecule has 8 nitrogen and oxygen atoms in total. The standard InChI is InChI=1S/C25H26N4O4/c1-4-13-28-23(14-29-25(28)26-17-27-29)18-9-11-20(12-10-18)33-15-19-7-5-6-8-21(19)22(16-31-2)24(30)32-3/h5-12,14,16-17H,4,13,15H2,1-3H3/b22-16-. The zero-order valence-electron chi connectivity index (χ0n) is 18.9. The van der Waals surface area contributed by atoms with Crippen molar-refractivity contribution in [1.82, 2.24) is 19.2 Å². The normalized spacial score (nSPS) is 11.5. The van der Waals surface area contributed by atoms with E-state index >= 15 is 0 Å². The number of esters is 1. The van der Waals surface area contributed by atoms with Gasteiger partial charge in [-0.2, -0.15) is 10.1 Å². The van der Waals surface area contributed by atoms with Gasteiger partial charge in [0.05, 0.1) is 32.4 Å². The summed E-state index contributed by atoms with van der Waals surface area (Å²) in [4.78, 5) is 16.6. The van der Waals surface area contributed by atoms with E-state index in [1.54, 1.807) is 10.8 Å². The van der Waals surface area contributed by atoms with E-state index in [1.807, 2.05) is 54.7 Å². The first-order valence-corrected chi connectivity index (χ1v) is 10.7. The lowest BCUT2D eigenvalue weighted by molar-refractivity contribution is -0.133. The van der Waals surface area contributed by atoms with Crippen LogP contribution in [0.4, 0.5) is 0 Å². The van der Waals surface area contributed by atoms with Crippen molar-refractivity contribution in [1.29, 1.82) is 0 Å². The van der Waals surface area contributed by atoms with Gasteiger partial charge in [-0.15, -0.1) is 0 Å². The van der Waals surface area contributed by atoms with Crippen LogP contribution in [0.2, 0.25) is 0 Å². The van der Waals surface area contributed by atoms with Crippen molar-refractivity contribution in [2.75, 3.05) is 14.2 Å². The Kier molecular flexibility index (Phi) is 6.73. The van der Waals surface area contributed by atoms with Gasteiger partial charge in [0.25, 0.3) is 0 Å². The minimum Gasteiger partial charge on any atom is -0.503 e. The van der Waals surface area contributed by atoms with Gasteiger partial charge >= 0.3 is 5.97 Å². The van der Waals surface area contributed by atoms with Gasteiger partial charge in [0, 0.05) is 12.1 Å². The van der Waals surface area contributed by atoms with E-state index in [9.17, 15) is 4.79 Å². The predicted molar refractivity (Wildman–Crippen MR) is 124 cm³/mol. The highest BCUT2D eigenvalue weighted by Gasteiger charge is 2.17. The van der Waals surface area contributed by atoms with Crippen LogP contribution in [0, 0.1) is 0 Å². The van der Waals surface area contributed by atoms with Crippen LogP contribution in [0.5, 0.6) is 5.75 Å². The van der Waals surface area contributed by atoms with Crippen molar-refractivity contribution < 1.29 is 19.0 Å². The summed E-state index contributed by atoms with van der Waals surface area (Å²) in [5.74, 6) is 1.08. The maximum atomic E-state index is 12.2. The van der Waals surface area contributed by atoms with Gasteiger partial charge in [0.1, 0.15) is 24.3 Å². The molecule has 0 unspecified atom stereocenters. The summed E-state index contributed by atoms with van der Waals surface area (Å²) in [5, 5.41) is 4.26. The van der Waals surface area contributed by atoms with E-state index in [4.69, 9.17) is 14.2 Å². The molecule has 33 heavy (non-hydrogen) atoms. The highest BCUT2D eigenvalue weighted by molar-refractivity contribution is 6.16. The largest absolute Gasteiger partial charge is 0.503 e. The summed E-state index contributed by atoms with van der Waals surface area (Å²) in [6.45, 7) is 3.29. The number of imidazole rings is 1. The molecule has 4 rings (SSSR count). The molecule has 0 saturated heterocycles. The van der Waals surface area contributed by atoms with E-state index in [2.05, 4.69) is 21.6 Å². The molecule has 0 radical (unpaired) electrons. The first kappa shape index (κ1) is 22.1. The van der Waals surface area contributed by atoms with Crippen LogP contribution in [0.25, 0.3) is 22.6 Å². The van der Waals surface area contributed by atoms with Gasteiger partial charge in [0.2, 0.25) is 5.78 Å². The molecule has 2 heterocycles. The van der Waals surface area contributed by atoms with Crippen LogP contribution in [0.3, 0.4) is 0 Å². The lowest BCUT2D eigenvalue weighted by Crippen LogP contribution is -2.08. The van der Waals surface area contributed by atoms with Crippen molar-refractivity contribution in [3.63, 3.8) is 0 Å². The van der Waals surface area contributed by atoms with E-state index in [0.717, 1.165) is 41.3 Å². The van der Waals surface area contributed by atoms with Crippen LogP contribution in [0.15, 0.2) is 67.3 Å². The Morgan fingerprint density at radius 2 is 1.88 bits per heavy atom. The number of ether oxygens (including phenoxy) is 3. The molecule has 0 amide bonds. The van der Waals surface area contributed by atoms with E-state index in [-0.39, 0.29) is 6.61 Å². The SMILES string of the molecule is CCCn1c(-c2ccc(OCc3ccccc3/C(=C/OC)C(=O)OC)cc2)cn2ncnc12. The summed E-state index contributed by atoms with van der Waals surface area (Å²) in [6.07, 6.45) is 5.93. The Morgan fingerprint density at radius 1 is 1.09 bits per heavy atom. The molecule has 0 spiro atoms. The number of carbonyl (C=O) groups excluding carboxylic acids is 1. The van der Waals surface area contributed by atoms with Crippen LogP contribution in [-0.4, -0.2) is 39.4 Å². The molecule has 4 aromatic rings. The average molecular weight is 447 g/mol. The molecule has 0 fully saturated rings. The number of nitrogens with zero attached hydrogens (tertiary/aromatic N) is 4. The Hall–Kier alpha value is -4.07. The fourth-order valence-corrected chi connectivity index (χ4v) is 3.74. The number of hydrogen-bond acceptors (Lipinski definition) is 6. The Morgan fingerprint density at radius 3 is 2.61 bits per heavy atom. The second-order valence-electron chi connectivity index (χ2n) is 7.40. The third-order valence-corrected chi connectivity index (χ3v) is 5.27. The third kappa shape index (κ3) is 4.59. The fourth-order valence-electron chi connectivity index (χ4n) is 3.74. The van der Waals surface area contributed by atoms with E-state index in [1.165, 1.54) is 20.5 Å². The number of benzene rings is 2. The van der Waals surface area contributed by atoms with Gasteiger partial charge in [-0.05, 0) is 41.8 Å². The molecule has 170 valence electrons. The molecule has 8 heteroatoms. The van der Waals surface area contributed by atoms with Crippen molar-refractivity contribution in [3.05, 3.63) is 78.4 Å². The minimum absolute atomic E-state index is 0.289. The van der Waals surface area contributed by atoms with Gasteiger partial charge in [-0.1, -0.05) is 31.2 Å².